The van der Waals surface area contributed by atoms with Crippen LogP contribution in [0.15, 0.2) is 77.8 Å². The first-order chi connectivity index (χ1) is 16.4. The van der Waals surface area contributed by atoms with Gasteiger partial charge in [0.1, 0.15) is 0 Å². The molecule has 1 amide bonds. The van der Waals surface area contributed by atoms with E-state index >= 15 is 0 Å². The van der Waals surface area contributed by atoms with Gasteiger partial charge in [0.2, 0.25) is 0 Å². The monoisotopic (exact) mass is 549 g/mol. The lowest BCUT2D eigenvalue weighted by molar-refractivity contribution is -0.133. The molecule has 1 aliphatic carbocycles. The quantitative estimate of drug-likeness (QED) is 0.346. The Morgan fingerprint density at radius 2 is 1.50 bits per heavy atom. The Bertz CT molecular complexity index is 1280. The number of hydroxylamine groups is 1. The van der Waals surface area contributed by atoms with Crippen LogP contribution in [0.25, 0.3) is 22.4 Å². The molecule has 36 heavy (non-hydrogen) atoms. The molecule has 0 radical (unpaired) electrons. The van der Waals surface area contributed by atoms with Gasteiger partial charge in [-0.25, -0.2) is 13.9 Å². The maximum Gasteiger partial charge on any atom is 0.265 e. The zero-order valence-corrected chi connectivity index (χ0v) is 22.0. The summed E-state index contributed by atoms with van der Waals surface area (Å²) in [6, 6.07) is 20.8. The SMILES string of the molecule is Cl.Cl.O=C(NO)C1(S(=O)(=O)c2ccc(-c3ccc(-c4ccccc4)cn3)cc2)CCN(C2CC2)CC1. The van der Waals surface area contributed by atoms with Crippen molar-refractivity contribution >= 4 is 40.6 Å². The fourth-order valence-electron chi connectivity index (χ4n) is 4.81. The van der Waals surface area contributed by atoms with Crippen LogP contribution in [-0.2, 0) is 14.6 Å². The smallest absolute Gasteiger partial charge is 0.265 e. The van der Waals surface area contributed by atoms with Crippen LogP contribution in [0.2, 0.25) is 0 Å². The number of nitrogens with zero attached hydrogens (tertiary/aromatic N) is 2. The first kappa shape index (κ1) is 28.1. The van der Waals surface area contributed by atoms with Crippen LogP contribution < -0.4 is 5.48 Å². The average molecular weight is 551 g/mol. The number of rotatable bonds is 6. The summed E-state index contributed by atoms with van der Waals surface area (Å²) in [4.78, 5) is 19.5. The largest absolute Gasteiger partial charge is 0.300 e. The van der Waals surface area contributed by atoms with E-state index in [4.69, 9.17) is 0 Å². The van der Waals surface area contributed by atoms with Gasteiger partial charge in [0.15, 0.2) is 14.6 Å². The number of sulfone groups is 1. The molecule has 5 rings (SSSR count). The second kappa shape index (κ2) is 11.3. The molecule has 0 atom stereocenters. The summed E-state index contributed by atoms with van der Waals surface area (Å²) in [5.41, 5.74) is 5.20. The second-order valence-electron chi connectivity index (χ2n) is 9.03. The molecule has 3 aromatic rings. The number of halogens is 2. The number of pyridine rings is 1. The molecule has 2 aromatic carbocycles. The van der Waals surface area contributed by atoms with E-state index in [1.807, 2.05) is 42.5 Å². The number of hydrogen-bond donors (Lipinski definition) is 2. The van der Waals surface area contributed by atoms with Crippen LogP contribution in [0.1, 0.15) is 25.7 Å². The summed E-state index contributed by atoms with van der Waals surface area (Å²) < 4.78 is 25.6. The minimum Gasteiger partial charge on any atom is -0.300 e. The fraction of sp³-hybridized carbons (Fsp3) is 0.308. The van der Waals surface area contributed by atoms with Gasteiger partial charge in [0, 0.05) is 36.5 Å². The highest BCUT2D eigenvalue weighted by atomic mass is 35.5. The Hall–Kier alpha value is -2.49. The number of piperidine rings is 1. The van der Waals surface area contributed by atoms with Crippen LogP contribution in [-0.4, -0.2) is 53.3 Å². The topological polar surface area (TPSA) is 99.6 Å². The third-order valence-corrected chi connectivity index (χ3v) is 9.54. The van der Waals surface area contributed by atoms with E-state index in [-0.39, 0.29) is 42.6 Å². The molecule has 2 aliphatic rings. The number of hydrogen-bond acceptors (Lipinski definition) is 6. The van der Waals surface area contributed by atoms with Crippen LogP contribution in [0, 0.1) is 0 Å². The van der Waals surface area contributed by atoms with E-state index in [1.165, 1.54) is 12.1 Å². The summed E-state index contributed by atoms with van der Waals surface area (Å²) in [5.74, 6) is -0.856. The van der Waals surface area contributed by atoms with Gasteiger partial charge in [-0.15, -0.1) is 24.8 Å². The van der Waals surface area contributed by atoms with E-state index in [2.05, 4.69) is 9.88 Å². The number of amides is 1. The van der Waals surface area contributed by atoms with Crippen molar-refractivity contribution in [3.05, 3.63) is 72.9 Å². The molecule has 1 saturated carbocycles. The lowest BCUT2D eigenvalue weighted by Gasteiger charge is -2.39. The standard InChI is InChI=1S/C26H27N3O4S.2ClH/c30-25(28-31)26(14-16-29(17-15-26)22-9-10-22)34(32,33)23-11-6-20(7-12-23)24-13-8-21(18-27-24)19-4-2-1-3-5-19;;/h1-8,11-13,18,22,31H,9-10,14-17H2,(H,28,30);2*1H. The van der Waals surface area contributed by atoms with Gasteiger partial charge in [0.05, 0.1) is 10.6 Å². The van der Waals surface area contributed by atoms with Crippen molar-refractivity contribution in [2.45, 2.75) is 41.4 Å². The minimum absolute atomic E-state index is 0. The Balaban J connectivity index is 0.00000180. The molecule has 2 fully saturated rings. The zero-order valence-electron chi connectivity index (χ0n) is 19.5. The van der Waals surface area contributed by atoms with E-state index in [9.17, 15) is 18.4 Å². The molecule has 2 N–H and O–H groups in total. The molecule has 2 heterocycles. The Morgan fingerprint density at radius 3 is 2.03 bits per heavy atom. The van der Waals surface area contributed by atoms with E-state index < -0.39 is 20.5 Å². The van der Waals surface area contributed by atoms with E-state index in [0.717, 1.165) is 35.2 Å². The van der Waals surface area contributed by atoms with Crippen LogP contribution in [0.5, 0.6) is 0 Å². The molecule has 0 spiro atoms. The van der Waals surface area contributed by atoms with Gasteiger partial charge in [-0.1, -0.05) is 48.5 Å². The van der Waals surface area contributed by atoms with Crippen molar-refractivity contribution in [2.24, 2.45) is 0 Å². The molecule has 1 aromatic heterocycles. The lowest BCUT2D eigenvalue weighted by Crippen LogP contribution is -2.58. The molecular formula is C26H29Cl2N3O4S. The molecular weight excluding hydrogens is 521 g/mol. The Kier molecular flexibility index (Phi) is 8.80. The van der Waals surface area contributed by atoms with Crippen molar-refractivity contribution in [1.82, 2.24) is 15.4 Å². The van der Waals surface area contributed by atoms with Crippen LogP contribution in [0.3, 0.4) is 0 Å². The van der Waals surface area contributed by atoms with Gasteiger partial charge in [-0.3, -0.25) is 15.0 Å². The van der Waals surface area contributed by atoms with Crippen molar-refractivity contribution in [3.63, 3.8) is 0 Å². The van der Waals surface area contributed by atoms with Crippen molar-refractivity contribution < 1.29 is 18.4 Å². The predicted octanol–water partition coefficient (Wildman–Crippen LogP) is 4.54. The Morgan fingerprint density at radius 1 is 0.889 bits per heavy atom. The highest BCUT2D eigenvalue weighted by molar-refractivity contribution is 7.93. The third-order valence-electron chi connectivity index (χ3n) is 7.03. The van der Waals surface area contributed by atoms with Crippen molar-refractivity contribution in [3.8, 4) is 22.4 Å². The molecule has 0 unspecified atom stereocenters. The molecule has 192 valence electrons. The van der Waals surface area contributed by atoms with Gasteiger partial charge < -0.3 is 4.90 Å². The van der Waals surface area contributed by atoms with Crippen molar-refractivity contribution in [1.29, 1.82) is 0 Å². The van der Waals surface area contributed by atoms with E-state index in [0.29, 0.717) is 19.1 Å². The zero-order chi connectivity index (χ0) is 23.8. The van der Waals surface area contributed by atoms with Crippen molar-refractivity contribution in [2.75, 3.05) is 13.1 Å². The van der Waals surface area contributed by atoms with Crippen LogP contribution in [0.4, 0.5) is 0 Å². The first-order valence-electron chi connectivity index (χ1n) is 11.5. The highest BCUT2D eigenvalue weighted by Crippen LogP contribution is 2.39. The normalized spacial score (nSPS) is 17.4. The summed E-state index contributed by atoms with van der Waals surface area (Å²) in [5, 5.41) is 9.36. The number of benzene rings is 2. The van der Waals surface area contributed by atoms with Crippen LogP contribution >= 0.6 is 24.8 Å². The highest BCUT2D eigenvalue weighted by Gasteiger charge is 2.53. The summed E-state index contributed by atoms with van der Waals surface area (Å²) in [6.07, 6.45) is 4.34. The maximum atomic E-state index is 13.6. The summed E-state index contributed by atoms with van der Waals surface area (Å²) in [6.45, 7) is 1.04. The van der Waals surface area contributed by atoms with Gasteiger partial charge >= 0.3 is 0 Å². The molecule has 0 bridgehead atoms. The first-order valence-corrected chi connectivity index (χ1v) is 13.0. The maximum absolute atomic E-state index is 13.6. The second-order valence-corrected chi connectivity index (χ2v) is 11.3. The molecule has 1 aliphatic heterocycles. The Labute approximate surface area is 223 Å². The lowest BCUT2D eigenvalue weighted by atomic mass is 9.94. The van der Waals surface area contributed by atoms with Gasteiger partial charge in [0.25, 0.3) is 5.91 Å². The molecule has 7 nitrogen and oxygen atoms in total. The van der Waals surface area contributed by atoms with Gasteiger partial charge in [-0.2, -0.15) is 0 Å². The number of nitrogens with one attached hydrogen (secondary N) is 1. The number of carbonyl (C=O) groups is 1. The van der Waals surface area contributed by atoms with E-state index in [1.54, 1.807) is 23.8 Å². The third kappa shape index (κ3) is 5.14. The minimum atomic E-state index is -4.02. The molecule has 1 saturated heterocycles. The summed E-state index contributed by atoms with van der Waals surface area (Å²) >= 11 is 0. The molecule has 10 heteroatoms. The fourth-order valence-corrected chi connectivity index (χ4v) is 6.76. The predicted molar refractivity (Wildman–Crippen MR) is 143 cm³/mol. The van der Waals surface area contributed by atoms with Gasteiger partial charge in [-0.05, 0) is 49.4 Å². The average Bonchev–Trinajstić information content (AvgIpc) is 3.74. The number of carbonyl (C=O) groups excluding carboxylic acids is 1. The number of aromatic nitrogens is 1. The summed E-state index contributed by atoms with van der Waals surface area (Å²) in [7, 11) is -4.02. The number of likely N-dealkylation sites (tertiary alicyclic amines) is 1.